The van der Waals surface area contributed by atoms with Crippen LogP contribution in [0, 0.1) is 0 Å². The van der Waals surface area contributed by atoms with Gasteiger partial charge in [-0.3, -0.25) is 0 Å². The van der Waals surface area contributed by atoms with Crippen molar-refractivity contribution in [2.24, 2.45) is 0 Å². The van der Waals surface area contributed by atoms with Gasteiger partial charge < -0.3 is 0 Å². The first-order chi connectivity index (χ1) is 3.41. The topological polar surface area (TPSA) is 0 Å². The Morgan fingerprint density at radius 1 is 1.29 bits per heavy atom. The molecule has 0 radical (unpaired) electrons. The predicted molar refractivity (Wildman–Crippen MR) is 37.1 cm³/mol. The van der Waals surface area contributed by atoms with Crippen LogP contribution in [-0.2, 0) is 0 Å². The van der Waals surface area contributed by atoms with E-state index in [2.05, 4.69) is 24.6 Å². The summed E-state index contributed by atoms with van der Waals surface area (Å²) >= 11 is 4.21. The van der Waals surface area contributed by atoms with Gasteiger partial charge in [0.2, 0.25) is 0 Å². The van der Waals surface area contributed by atoms with Gasteiger partial charge in [-0.2, -0.15) is 0 Å². The van der Waals surface area contributed by atoms with Crippen LogP contribution < -0.4 is 0 Å². The van der Waals surface area contributed by atoms with Crippen LogP contribution in [0.1, 0.15) is 19.8 Å². The average Bonchev–Trinajstić information content (AvgIpc) is 1.75. The van der Waals surface area contributed by atoms with Crippen molar-refractivity contribution in [2.75, 3.05) is 0 Å². The molecule has 0 saturated heterocycles. The van der Waals surface area contributed by atoms with E-state index in [-0.39, 0.29) is 0 Å². The maximum absolute atomic E-state index is 2.21. The van der Waals surface area contributed by atoms with Gasteiger partial charge in [-0.05, 0) is 0 Å². The quantitative estimate of drug-likeness (QED) is 0.447. The fourth-order valence-corrected chi connectivity index (χ4v) is 0.354. The van der Waals surface area contributed by atoms with Crippen LogP contribution >= 0.6 is 0 Å². The first-order valence-corrected chi connectivity index (χ1v) is 3.41. The van der Waals surface area contributed by atoms with Crippen LogP contribution in [-0.4, -0.2) is 35.4 Å². The van der Waals surface area contributed by atoms with Gasteiger partial charge in [0.05, 0.1) is 0 Å². The molecule has 0 spiro atoms. The zero-order valence-electron chi connectivity index (χ0n) is 6.12. The summed E-state index contributed by atoms with van der Waals surface area (Å²) < 4.78 is 0. The Morgan fingerprint density at radius 2 is 1.71 bits per heavy atom. The molecule has 0 heterocycles. The minimum absolute atomic E-state index is 1.34. The van der Waals surface area contributed by atoms with Crippen molar-refractivity contribution in [2.45, 2.75) is 30.5 Å². The molecule has 0 aromatic heterocycles. The maximum atomic E-state index is 2.21. The Hall–Kier alpha value is 1.19. The van der Waals surface area contributed by atoms with Crippen molar-refractivity contribution in [3.63, 3.8) is 0 Å². The van der Waals surface area contributed by atoms with Crippen LogP contribution in [0.5, 0.6) is 0 Å². The Bertz CT molecular complexity index is 13.6. The molecular weight excluding hydrogens is 73.9 g/mol. The number of rotatable bonds is 2. The second-order valence-electron chi connectivity index (χ2n) is 1.35. The van der Waals surface area contributed by atoms with E-state index in [1.54, 1.807) is 0 Å². The van der Waals surface area contributed by atoms with Gasteiger partial charge in [0.1, 0.15) is 0 Å². The summed E-state index contributed by atoms with van der Waals surface area (Å²) in [5.41, 5.74) is 2.00. The summed E-state index contributed by atoms with van der Waals surface area (Å²) in [7, 11) is 0. The van der Waals surface area contributed by atoms with Crippen molar-refractivity contribution in [1.29, 1.82) is 0 Å². The second-order valence-corrected chi connectivity index (χ2v) is 1.35. The third-order valence-electron chi connectivity index (χ3n) is 0.707. The summed E-state index contributed by atoms with van der Waals surface area (Å²) in [6, 6.07) is 0. The van der Waals surface area contributed by atoms with Crippen molar-refractivity contribution < 1.29 is 0 Å². The zero-order valence-corrected chi connectivity index (χ0v) is 6.12. The van der Waals surface area contributed by atoms with Crippen molar-refractivity contribution >= 4 is 35.4 Å². The van der Waals surface area contributed by atoms with Crippen LogP contribution in [0.25, 0.3) is 0 Å². The van der Waals surface area contributed by atoms with E-state index in [4.69, 9.17) is 0 Å². The van der Waals surface area contributed by atoms with E-state index in [1.807, 2.05) is 23.3 Å². The van der Waals surface area contributed by atoms with E-state index in [1.165, 1.54) is 17.9 Å². The number of hydrogen-bond donors (Lipinski definition) is 0. The summed E-state index contributed by atoms with van der Waals surface area (Å²) in [6.07, 6.45) is 2.73. The molecule has 34 valence electrons. The van der Waals surface area contributed by atoms with Crippen LogP contribution in [0.15, 0.2) is 0 Å². The molecule has 7 heavy (non-hydrogen) atoms. The van der Waals surface area contributed by atoms with E-state index in [0.717, 1.165) is 0 Å². The first kappa shape index (κ1) is 11.1. The van der Waals surface area contributed by atoms with Gasteiger partial charge in [-0.1, -0.05) is 0 Å². The molecular formula is C5H12Li2. The second kappa shape index (κ2) is 15.7. The van der Waals surface area contributed by atoms with E-state index in [9.17, 15) is 0 Å². The molecule has 0 unspecified atom stereocenters. The molecule has 0 rings (SSSR count). The van der Waals surface area contributed by atoms with Crippen molar-refractivity contribution in [3.05, 3.63) is 0 Å². The van der Waals surface area contributed by atoms with Crippen LogP contribution in [0.2, 0.25) is 10.7 Å². The summed E-state index contributed by atoms with van der Waals surface area (Å²) in [4.78, 5) is 0. The monoisotopic (exact) mass is 86.1 g/mol. The predicted octanol–water partition coefficient (Wildman–Crippen LogP) is 1.58. The van der Waals surface area contributed by atoms with Gasteiger partial charge in [-0.15, -0.1) is 0 Å². The molecule has 2 heteroatoms. The normalized spacial score (nSPS) is 7.14. The molecule has 0 aliphatic carbocycles. The van der Waals surface area contributed by atoms with E-state index < -0.39 is 0 Å². The van der Waals surface area contributed by atoms with Crippen molar-refractivity contribution in [3.8, 4) is 0 Å². The van der Waals surface area contributed by atoms with Crippen LogP contribution in [0.4, 0.5) is 0 Å². The Labute approximate surface area is 65.8 Å². The molecule has 0 nitrogen and oxygen atoms in total. The molecule has 0 saturated carbocycles. The summed E-state index contributed by atoms with van der Waals surface area (Å²) in [5, 5.41) is 1.34. The molecule has 0 aliphatic rings. The van der Waals surface area contributed by atoms with Gasteiger partial charge in [0.25, 0.3) is 0 Å². The third-order valence-corrected chi connectivity index (χ3v) is 0.707. The molecule has 0 fully saturated rings. The SMILES string of the molecule is [Li][CH2]CCC.[Li][CH3]. The first-order valence-electron chi connectivity index (χ1n) is 3.41. The summed E-state index contributed by atoms with van der Waals surface area (Å²) in [6.45, 7) is 2.21. The van der Waals surface area contributed by atoms with E-state index in [0.29, 0.717) is 0 Å². The van der Waals surface area contributed by atoms with Gasteiger partial charge >= 0.3 is 65.9 Å². The molecule has 0 aromatic rings. The Balaban J connectivity index is 0. The number of hydrogen-bond acceptors (Lipinski definition) is 0. The van der Waals surface area contributed by atoms with Gasteiger partial charge in [-0.25, -0.2) is 0 Å². The average molecular weight is 86.0 g/mol. The van der Waals surface area contributed by atoms with Gasteiger partial charge in [0, 0.05) is 0 Å². The zero-order chi connectivity index (χ0) is 6.12. The fourth-order valence-electron chi connectivity index (χ4n) is 0.354. The Morgan fingerprint density at radius 3 is 1.71 bits per heavy atom. The molecule has 0 aliphatic heterocycles. The third kappa shape index (κ3) is 19.0. The summed E-state index contributed by atoms with van der Waals surface area (Å²) in [5.74, 6) is 0. The molecule has 0 N–H and O–H groups in total. The molecule has 0 aromatic carbocycles. The minimum atomic E-state index is 1.34. The van der Waals surface area contributed by atoms with Crippen LogP contribution in [0.3, 0.4) is 0 Å². The molecule has 0 bridgehead atoms. The van der Waals surface area contributed by atoms with Crippen molar-refractivity contribution in [1.82, 2.24) is 0 Å². The number of unbranched alkanes of at least 4 members (excludes halogenated alkanes) is 1. The molecule has 0 amide bonds. The van der Waals surface area contributed by atoms with Gasteiger partial charge in [0.15, 0.2) is 0 Å². The van der Waals surface area contributed by atoms with E-state index >= 15 is 0 Å². The Kier molecular flexibility index (Phi) is 24.8. The standard InChI is InChI=1S/C4H9.CH3.2Li/c1-3-4-2;;;/h1,3-4H2,2H3;1H3;;. The molecule has 0 atom stereocenters. The fraction of sp³-hybridized carbons (Fsp3) is 1.00.